The molecule has 4 aliphatic heterocycles. The van der Waals surface area contributed by atoms with Crippen LogP contribution in [-0.2, 0) is 4.79 Å². The molecule has 6 nitrogen and oxygen atoms in total. The lowest BCUT2D eigenvalue weighted by Crippen LogP contribution is -2.54. The van der Waals surface area contributed by atoms with Crippen LogP contribution in [0, 0.1) is 11.3 Å². The Kier molecular flexibility index (Phi) is 4.66. The molecule has 4 aliphatic rings. The van der Waals surface area contributed by atoms with Gasteiger partial charge in [0, 0.05) is 37.6 Å². The number of likely N-dealkylation sites (tertiary alicyclic amines) is 2. The molecule has 6 heteroatoms. The Hall–Kier alpha value is -1.30. The second-order valence-electron chi connectivity index (χ2n) is 9.58. The van der Waals surface area contributed by atoms with Crippen LogP contribution in [0.5, 0.6) is 0 Å². The topological polar surface area (TPSA) is 64.1 Å². The van der Waals surface area contributed by atoms with Gasteiger partial charge in [0.15, 0.2) is 0 Å². The molecular formula is C20H33N3O3. The van der Waals surface area contributed by atoms with Crippen molar-refractivity contribution in [1.82, 2.24) is 14.7 Å². The van der Waals surface area contributed by atoms with Gasteiger partial charge < -0.3 is 19.8 Å². The highest BCUT2D eigenvalue weighted by atomic mass is 16.4. The highest BCUT2D eigenvalue weighted by Gasteiger charge is 2.48. The molecule has 2 atom stereocenters. The summed E-state index contributed by atoms with van der Waals surface area (Å²) in [7, 11) is 0. The van der Waals surface area contributed by atoms with E-state index in [1.165, 1.54) is 0 Å². The van der Waals surface area contributed by atoms with Crippen LogP contribution >= 0.6 is 0 Å². The number of carbonyl (C=O) groups is 2. The van der Waals surface area contributed by atoms with E-state index in [0.29, 0.717) is 17.9 Å². The summed E-state index contributed by atoms with van der Waals surface area (Å²) in [6.45, 7) is 8.33. The van der Waals surface area contributed by atoms with Gasteiger partial charge in [0.05, 0.1) is 0 Å². The molecule has 1 N–H and O–H groups in total. The molecule has 146 valence electrons. The summed E-state index contributed by atoms with van der Waals surface area (Å²) in [5.74, 6) is 0.879. The SMILES string of the molecule is CC(C)CN1CC2(CCN(C3CC4CCC(C3)N4C(=O)O)CC2)CC1=O. The Balaban J connectivity index is 1.34. The van der Waals surface area contributed by atoms with Crippen molar-refractivity contribution in [2.75, 3.05) is 26.2 Å². The maximum absolute atomic E-state index is 12.4. The van der Waals surface area contributed by atoms with Gasteiger partial charge in [0.1, 0.15) is 0 Å². The molecule has 0 aromatic carbocycles. The molecule has 4 heterocycles. The zero-order chi connectivity index (χ0) is 18.5. The van der Waals surface area contributed by atoms with Crippen molar-refractivity contribution in [3.8, 4) is 0 Å². The maximum Gasteiger partial charge on any atom is 0.407 e. The highest BCUT2D eigenvalue weighted by molar-refractivity contribution is 5.79. The third-order valence-electron chi connectivity index (χ3n) is 7.29. The minimum absolute atomic E-state index is 0.198. The summed E-state index contributed by atoms with van der Waals surface area (Å²) in [5.41, 5.74) is 0.198. The average molecular weight is 364 g/mol. The normalized spacial score (nSPS) is 34.3. The van der Waals surface area contributed by atoms with Crippen molar-refractivity contribution >= 4 is 12.0 Å². The largest absolute Gasteiger partial charge is 0.465 e. The van der Waals surface area contributed by atoms with Crippen molar-refractivity contribution < 1.29 is 14.7 Å². The number of piperidine rings is 2. The molecule has 0 saturated carbocycles. The molecule has 2 unspecified atom stereocenters. The first-order valence-corrected chi connectivity index (χ1v) is 10.4. The molecule has 2 bridgehead atoms. The van der Waals surface area contributed by atoms with Crippen LogP contribution in [0.2, 0.25) is 0 Å². The molecule has 0 aromatic rings. The van der Waals surface area contributed by atoms with E-state index in [4.69, 9.17) is 0 Å². The quantitative estimate of drug-likeness (QED) is 0.837. The molecule has 2 amide bonds. The Morgan fingerprint density at radius 1 is 1.15 bits per heavy atom. The van der Waals surface area contributed by atoms with Gasteiger partial charge in [-0.3, -0.25) is 4.79 Å². The highest BCUT2D eigenvalue weighted by Crippen LogP contribution is 2.44. The number of rotatable bonds is 3. The van der Waals surface area contributed by atoms with Crippen LogP contribution in [0.1, 0.15) is 58.8 Å². The van der Waals surface area contributed by atoms with Gasteiger partial charge in [-0.15, -0.1) is 0 Å². The summed E-state index contributed by atoms with van der Waals surface area (Å²) in [6.07, 6.45) is 6.28. The number of carboxylic acid groups (broad SMARTS) is 1. The molecule has 0 radical (unpaired) electrons. The van der Waals surface area contributed by atoms with E-state index in [-0.39, 0.29) is 17.5 Å². The van der Waals surface area contributed by atoms with Gasteiger partial charge in [-0.1, -0.05) is 13.8 Å². The van der Waals surface area contributed by atoms with Gasteiger partial charge in [-0.25, -0.2) is 4.79 Å². The van der Waals surface area contributed by atoms with Crippen LogP contribution in [0.4, 0.5) is 4.79 Å². The van der Waals surface area contributed by atoms with Gasteiger partial charge in [0.2, 0.25) is 5.91 Å². The lowest BCUT2D eigenvalue weighted by molar-refractivity contribution is -0.128. The molecule has 1 spiro atoms. The predicted molar refractivity (Wildman–Crippen MR) is 99.0 cm³/mol. The van der Waals surface area contributed by atoms with Crippen LogP contribution in [0.15, 0.2) is 0 Å². The van der Waals surface area contributed by atoms with Crippen LogP contribution in [0.25, 0.3) is 0 Å². The summed E-state index contributed by atoms with van der Waals surface area (Å²) in [5, 5.41) is 9.44. The first kappa shape index (κ1) is 18.1. The van der Waals surface area contributed by atoms with E-state index in [1.807, 2.05) is 0 Å². The molecular weight excluding hydrogens is 330 g/mol. The van der Waals surface area contributed by atoms with Crippen molar-refractivity contribution in [3.63, 3.8) is 0 Å². The van der Waals surface area contributed by atoms with Crippen molar-refractivity contribution in [2.45, 2.75) is 76.9 Å². The zero-order valence-electron chi connectivity index (χ0n) is 16.2. The predicted octanol–water partition coefficient (Wildman–Crippen LogP) is 2.63. The zero-order valence-corrected chi connectivity index (χ0v) is 16.2. The number of hydrogen-bond acceptors (Lipinski definition) is 3. The number of nitrogens with zero attached hydrogens (tertiary/aromatic N) is 3. The number of carbonyl (C=O) groups excluding carboxylic acids is 1. The minimum atomic E-state index is -0.733. The van der Waals surface area contributed by atoms with Gasteiger partial charge in [-0.05, 0) is 62.9 Å². The van der Waals surface area contributed by atoms with Crippen LogP contribution in [-0.4, -0.2) is 76.1 Å². The van der Waals surface area contributed by atoms with Crippen molar-refractivity contribution in [3.05, 3.63) is 0 Å². The van der Waals surface area contributed by atoms with E-state index >= 15 is 0 Å². The van der Waals surface area contributed by atoms with Crippen molar-refractivity contribution in [1.29, 1.82) is 0 Å². The Bertz CT molecular complexity index is 557. The maximum atomic E-state index is 12.4. The third kappa shape index (κ3) is 3.21. The summed E-state index contributed by atoms with van der Waals surface area (Å²) in [6, 6.07) is 0.979. The molecule has 0 aromatic heterocycles. The van der Waals surface area contributed by atoms with Crippen LogP contribution < -0.4 is 0 Å². The summed E-state index contributed by atoms with van der Waals surface area (Å²) >= 11 is 0. The van der Waals surface area contributed by atoms with E-state index in [1.54, 1.807) is 4.90 Å². The van der Waals surface area contributed by atoms with Crippen molar-refractivity contribution in [2.24, 2.45) is 11.3 Å². The molecule has 4 rings (SSSR count). The van der Waals surface area contributed by atoms with Gasteiger partial charge in [0.25, 0.3) is 0 Å². The fourth-order valence-corrected chi connectivity index (χ4v) is 6.05. The van der Waals surface area contributed by atoms with Gasteiger partial charge >= 0.3 is 6.09 Å². The Morgan fingerprint density at radius 3 is 2.31 bits per heavy atom. The second kappa shape index (κ2) is 6.70. The van der Waals surface area contributed by atoms with E-state index in [2.05, 4.69) is 23.6 Å². The van der Waals surface area contributed by atoms with Crippen LogP contribution in [0.3, 0.4) is 0 Å². The fraction of sp³-hybridized carbons (Fsp3) is 0.900. The molecule has 0 aliphatic carbocycles. The lowest BCUT2D eigenvalue weighted by Gasteiger charge is -2.46. The number of hydrogen-bond donors (Lipinski definition) is 1. The molecule has 4 fully saturated rings. The summed E-state index contributed by atoms with van der Waals surface area (Å²) < 4.78 is 0. The Morgan fingerprint density at radius 2 is 1.77 bits per heavy atom. The number of amides is 2. The average Bonchev–Trinajstić information content (AvgIpc) is 3.01. The van der Waals surface area contributed by atoms with E-state index in [0.717, 1.165) is 71.1 Å². The first-order chi connectivity index (χ1) is 12.4. The minimum Gasteiger partial charge on any atom is -0.465 e. The molecule has 26 heavy (non-hydrogen) atoms. The lowest BCUT2D eigenvalue weighted by atomic mass is 9.77. The van der Waals surface area contributed by atoms with Gasteiger partial charge in [-0.2, -0.15) is 0 Å². The monoisotopic (exact) mass is 363 g/mol. The molecule has 4 saturated heterocycles. The standard InChI is InChI=1S/C20H33N3O3/c1-14(2)12-22-13-20(11-18(22)24)5-7-21(8-6-20)17-9-15-3-4-16(10-17)23(15)19(25)26/h14-17H,3-13H2,1-2H3,(H,25,26). The van der Waals surface area contributed by atoms with E-state index < -0.39 is 6.09 Å². The smallest absolute Gasteiger partial charge is 0.407 e. The number of fused-ring (bicyclic) bond motifs is 2. The Labute approximate surface area is 156 Å². The fourth-order valence-electron chi connectivity index (χ4n) is 6.05. The first-order valence-electron chi connectivity index (χ1n) is 10.4. The second-order valence-corrected chi connectivity index (χ2v) is 9.58. The summed E-state index contributed by atoms with van der Waals surface area (Å²) in [4.78, 5) is 30.3. The van der Waals surface area contributed by atoms with E-state index in [9.17, 15) is 14.7 Å². The third-order valence-corrected chi connectivity index (χ3v) is 7.29.